The van der Waals surface area contributed by atoms with Crippen LogP contribution in [0.5, 0.6) is 0 Å². The minimum atomic E-state index is -3.92. The van der Waals surface area contributed by atoms with Crippen molar-refractivity contribution in [2.75, 3.05) is 0 Å². The Kier molecular flexibility index (Phi) is 4.71. The standard InChI is InChI=1S/C11H18N2O4S/c1-9(8-12)18(16,17)13-11(10(14)15)6-4-2-3-5-7-11/h9,13H,2-7H2,1H3,(H,14,15). The number of nitrogens with one attached hydrogen (secondary N) is 1. The second-order valence-corrected chi connectivity index (χ2v) is 6.72. The lowest BCUT2D eigenvalue weighted by Crippen LogP contribution is -2.55. The fourth-order valence-electron chi connectivity index (χ4n) is 2.12. The average molecular weight is 274 g/mol. The molecule has 0 radical (unpaired) electrons. The van der Waals surface area contributed by atoms with E-state index in [1.54, 1.807) is 6.07 Å². The van der Waals surface area contributed by atoms with E-state index in [1.165, 1.54) is 6.92 Å². The Bertz CT molecular complexity index is 444. The van der Waals surface area contributed by atoms with E-state index in [1.807, 2.05) is 0 Å². The first-order valence-electron chi connectivity index (χ1n) is 6.00. The molecule has 1 aliphatic carbocycles. The number of aliphatic carboxylic acids is 1. The molecule has 0 aromatic heterocycles. The highest BCUT2D eigenvalue weighted by Crippen LogP contribution is 2.28. The minimum absolute atomic E-state index is 0.277. The molecule has 2 N–H and O–H groups in total. The first kappa shape index (κ1) is 14.9. The van der Waals surface area contributed by atoms with Crippen LogP contribution in [0, 0.1) is 11.3 Å². The molecule has 0 heterocycles. The van der Waals surface area contributed by atoms with E-state index < -0.39 is 26.8 Å². The van der Waals surface area contributed by atoms with Gasteiger partial charge >= 0.3 is 5.97 Å². The van der Waals surface area contributed by atoms with Crippen LogP contribution in [-0.2, 0) is 14.8 Å². The predicted octanol–water partition coefficient (Wildman–Crippen LogP) is 0.995. The van der Waals surface area contributed by atoms with Crippen LogP contribution in [0.4, 0.5) is 0 Å². The first-order valence-corrected chi connectivity index (χ1v) is 7.54. The van der Waals surface area contributed by atoms with Gasteiger partial charge in [0, 0.05) is 0 Å². The van der Waals surface area contributed by atoms with Crippen LogP contribution in [0.3, 0.4) is 0 Å². The summed E-state index contributed by atoms with van der Waals surface area (Å²) in [6, 6.07) is 1.62. The van der Waals surface area contributed by atoms with Crippen molar-refractivity contribution in [1.29, 1.82) is 5.26 Å². The Morgan fingerprint density at radius 2 is 1.83 bits per heavy atom. The molecule has 1 aliphatic rings. The Hall–Kier alpha value is -1.13. The molecule has 6 nitrogen and oxygen atoms in total. The highest BCUT2D eigenvalue weighted by atomic mass is 32.2. The molecule has 1 unspecified atom stereocenters. The van der Waals surface area contributed by atoms with Crippen LogP contribution < -0.4 is 4.72 Å². The van der Waals surface area contributed by atoms with Gasteiger partial charge in [-0.25, -0.2) is 8.42 Å². The van der Waals surface area contributed by atoms with E-state index >= 15 is 0 Å². The molecule has 1 atom stereocenters. The molecular weight excluding hydrogens is 256 g/mol. The van der Waals surface area contributed by atoms with Crippen molar-refractivity contribution in [3.63, 3.8) is 0 Å². The number of rotatable bonds is 4. The zero-order valence-electron chi connectivity index (χ0n) is 10.3. The van der Waals surface area contributed by atoms with Crippen LogP contribution in [0.25, 0.3) is 0 Å². The molecule has 0 aromatic carbocycles. The van der Waals surface area contributed by atoms with Gasteiger partial charge < -0.3 is 5.11 Å². The van der Waals surface area contributed by atoms with Gasteiger partial charge in [0.05, 0.1) is 6.07 Å². The van der Waals surface area contributed by atoms with Crippen molar-refractivity contribution in [1.82, 2.24) is 4.72 Å². The summed E-state index contributed by atoms with van der Waals surface area (Å²) < 4.78 is 26.0. The van der Waals surface area contributed by atoms with Gasteiger partial charge in [0.1, 0.15) is 5.54 Å². The lowest BCUT2D eigenvalue weighted by atomic mass is 9.92. The highest BCUT2D eigenvalue weighted by molar-refractivity contribution is 7.90. The molecule has 102 valence electrons. The highest BCUT2D eigenvalue weighted by Gasteiger charge is 2.43. The number of nitrogens with zero attached hydrogens (tertiary/aromatic N) is 1. The second-order valence-electron chi connectivity index (χ2n) is 4.72. The molecule has 1 rings (SSSR count). The van der Waals surface area contributed by atoms with Gasteiger partial charge in [0.2, 0.25) is 10.0 Å². The lowest BCUT2D eigenvalue weighted by molar-refractivity contribution is -0.144. The summed E-state index contributed by atoms with van der Waals surface area (Å²) in [5.41, 5.74) is -1.44. The Balaban J connectivity index is 3.00. The van der Waals surface area contributed by atoms with E-state index in [0.29, 0.717) is 12.8 Å². The first-order chi connectivity index (χ1) is 8.34. The van der Waals surface area contributed by atoms with Crippen molar-refractivity contribution >= 4 is 16.0 Å². The van der Waals surface area contributed by atoms with E-state index in [9.17, 15) is 18.3 Å². The SMILES string of the molecule is CC(C#N)S(=O)(=O)NC1(C(=O)O)CCCCCC1. The van der Waals surface area contributed by atoms with Gasteiger partial charge in [-0.15, -0.1) is 0 Å². The van der Waals surface area contributed by atoms with E-state index in [2.05, 4.69) is 4.72 Å². The van der Waals surface area contributed by atoms with Gasteiger partial charge in [-0.3, -0.25) is 4.79 Å². The molecule has 0 aliphatic heterocycles. The third-order valence-electron chi connectivity index (χ3n) is 3.35. The molecule has 0 aromatic rings. The summed E-state index contributed by atoms with van der Waals surface area (Å²) in [6.07, 6.45) is 3.72. The molecule has 1 fully saturated rings. The maximum atomic E-state index is 11.9. The van der Waals surface area contributed by atoms with Gasteiger partial charge in [-0.2, -0.15) is 9.98 Å². The summed E-state index contributed by atoms with van der Waals surface area (Å²) in [5.74, 6) is -1.15. The third-order valence-corrected chi connectivity index (χ3v) is 5.06. The molecule has 1 saturated carbocycles. The summed E-state index contributed by atoms with van der Waals surface area (Å²) in [4.78, 5) is 11.4. The molecule has 7 heteroatoms. The Morgan fingerprint density at radius 1 is 1.33 bits per heavy atom. The van der Waals surface area contributed by atoms with E-state index in [0.717, 1.165) is 12.8 Å². The number of hydrogen-bond acceptors (Lipinski definition) is 4. The van der Waals surface area contributed by atoms with Crippen LogP contribution >= 0.6 is 0 Å². The summed E-state index contributed by atoms with van der Waals surface area (Å²) in [5, 5.41) is 16.7. The van der Waals surface area contributed by atoms with E-state index in [-0.39, 0.29) is 12.8 Å². The van der Waals surface area contributed by atoms with Crippen molar-refractivity contribution in [3.05, 3.63) is 0 Å². The number of sulfonamides is 1. The number of carbonyl (C=O) groups is 1. The van der Waals surface area contributed by atoms with Crippen molar-refractivity contribution in [2.24, 2.45) is 0 Å². The van der Waals surface area contributed by atoms with Crippen molar-refractivity contribution < 1.29 is 18.3 Å². The topological polar surface area (TPSA) is 107 Å². The fraction of sp³-hybridized carbons (Fsp3) is 0.818. The van der Waals surface area contributed by atoms with Crippen molar-refractivity contribution in [2.45, 2.75) is 56.2 Å². The van der Waals surface area contributed by atoms with Crippen LogP contribution in [0.15, 0.2) is 0 Å². The normalized spacial score (nSPS) is 21.6. The molecule has 0 saturated heterocycles. The van der Waals surface area contributed by atoms with E-state index in [4.69, 9.17) is 5.26 Å². The summed E-state index contributed by atoms with van der Waals surface area (Å²) >= 11 is 0. The smallest absolute Gasteiger partial charge is 0.324 e. The summed E-state index contributed by atoms with van der Waals surface area (Å²) in [6.45, 7) is 1.24. The summed E-state index contributed by atoms with van der Waals surface area (Å²) in [7, 11) is -3.92. The largest absolute Gasteiger partial charge is 0.480 e. The van der Waals surface area contributed by atoms with Gasteiger partial charge in [-0.1, -0.05) is 25.7 Å². The lowest BCUT2D eigenvalue weighted by Gasteiger charge is -2.29. The number of nitriles is 1. The van der Waals surface area contributed by atoms with Crippen LogP contribution in [-0.4, -0.2) is 30.3 Å². The minimum Gasteiger partial charge on any atom is -0.480 e. The number of carboxylic acid groups (broad SMARTS) is 1. The Labute approximate surface area is 107 Å². The molecule has 18 heavy (non-hydrogen) atoms. The predicted molar refractivity (Wildman–Crippen MR) is 65.2 cm³/mol. The van der Waals surface area contributed by atoms with Crippen LogP contribution in [0.2, 0.25) is 0 Å². The van der Waals surface area contributed by atoms with Crippen molar-refractivity contribution in [3.8, 4) is 6.07 Å². The molecular formula is C11H18N2O4S. The maximum Gasteiger partial charge on any atom is 0.324 e. The van der Waals surface area contributed by atoms with Crippen LogP contribution in [0.1, 0.15) is 45.4 Å². The molecule has 0 bridgehead atoms. The quantitative estimate of drug-likeness (QED) is 0.743. The monoisotopic (exact) mass is 274 g/mol. The fourth-order valence-corrected chi connectivity index (χ4v) is 3.27. The second kappa shape index (κ2) is 5.67. The Morgan fingerprint density at radius 3 is 2.22 bits per heavy atom. The zero-order chi connectivity index (χ0) is 13.8. The average Bonchev–Trinajstić information content (AvgIpc) is 2.54. The van der Waals surface area contributed by atoms with Gasteiger partial charge in [0.15, 0.2) is 5.25 Å². The molecule has 0 spiro atoms. The number of carboxylic acids is 1. The maximum absolute atomic E-state index is 11.9. The zero-order valence-corrected chi connectivity index (χ0v) is 11.2. The number of hydrogen-bond donors (Lipinski definition) is 2. The van der Waals surface area contributed by atoms with Gasteiger partial charge in [0.25, 0.3) is 0 Å². The van der Waals surface area contributed by atoms with Gasteiger partial charge in [-0.05, 0) is 19.8 Å². The molecule has 0 amide bonds. The third kappa shape index (κ3) is 3.21.